The minimum Gasteiger partial charge on any atom is -0.337 e. The molecule has 13 nitrogen and oxygen atoms in total. The number of imidazole rings is 1. The molecule has 9 rings (SSSR count). The van der Waals surface area contributed by atoms with E-state index in [2.05, 4.69) is 50.5 Å². The number of pyridine rings is 7. The molecular weight excluding hydrogens is 783 g/mol. The molecule has 1 saturated heterocycles. The van der Waals surface area contributed by atoms with E-state index < -0.39 is 5.41 Å². The van der Waals surface area contributed by atoms with Gasteiger partial charge in [-0.3, -0.25) is 44.5 Å². The molecule has 0 radical (unpaired) electrons. The maximum Gasteiger partial charge on any atom is 0.241 e. The van der Waals surface area contributed by atoms with E-state index in [1.54, 1.807) is 62.0 Å². The molecule has 0 unspecified atom stereocenters. The zero-order valence-corrected chi connectivity index (χ0v) is 33.8. The van der Waals surface area contributed by atoms with Gasteiger partial charge in [0.1, 0.15) is 11.2 Å². The highest BCUT2D eigenvalue weighted by atomic mass is 32.1. The minimum atomic E-state index is -1.14. The summed E-state index contributed by atoms with van der Waals surface area (Å²) < 4.78 is 0. The normalized spacial score (nSPS) is 12.8. The number of carbonyl (C=O) groups is 2. The Labute approximate surface area is 358 Å². The van der Waals surface area contributed by atoms with Gasteiger partial charge in [-0.25, -0.2) is 4.98 Å². The molecule has 0 spiro atoms. The number of thiocarbonyl (C=S) groups is 1. The monoisotopic (exact) mass is 823 g/mol. The first-order valence-electron chi connectivity index (χ1n) is 19.5. The number of aromatic nitrogens is 9. The second-order valence-corrected chi connectivity index (χ2v) is 14.3. The third-order valence-electron chi connectivity index (χ3n) is 9.99. The molecule has 1 fully saturated rings. The number of carbonyl (C=O) groups excluding carboxylic acids is 2. The molecule has 3 N–H and O–H groups in total. The maximum atomic E-state index is 12.7. The van der Waals surface area contributed by atoms with Crippen LogP contribution in [0.25, 0.3) is 33.9 Å². The first-order chi connectivity index (χ1) is 30.0. The summed E-state index contributed by atoms with van der Waals surface area (Å²) in [6, 6.07) is 27.4. The maximum absolute atomic E-state index is 12.7. The van der Waals surface area contributed by atoms with Crippen molar-refractivity contribution in [3.8, 4) is 33.9 Å². The molecule has 14 heteroatoms. The Balaban J connectivity index is 0.000000145. The number of aromatic amines is 1. The van der Waals surface area contributed by atoms with Crippen LogP contribution in [-0.4, -0.2) is 61.8 Å². The highest BCUT2D eigenvalue weighted by molar-refractivity contribution is 7.80. The van der Waals surface area contributed by atoms with Gasteiger partial charge in [0, 0.05) is 103 Å². The van der Waals surface area contributed by atoms with Crippen molar-refractivity contribution in [2.75, 3.05) is 0 Å². The van der Waals surface area contributed by atoms with E-state index in [0.29, 0.717) is 25.7 Å². The molecule has 61 heavy (non-hydrogen) atoms. The Hall–Kier alpha value is -7.71. The van der Waals surface area contributed by atoms with Gasteiger partial charge in [0.25, 0.3) is 0 Å². The van der Waals surface area contributed by atoms with Gasteiger partial charge in [0.2, 0.25) is 11.8 Å². The molecule has 1 aliphatic heterocycles. The molecule has 9 heterocycles. The van der Waals surface area contributed by atoms with Gasteiger partial charge in [-0.15, -0.1) is 0 Å². The molecule has 0 bridgehead atoms. The molecule has 0 atom stereocenters. The van der Waals surface area contributed by atoms with E-state index in [0.717, 1.165) is 51.5 Å². The molecular formula is C47H41N11O2S. The summed E-state index contributed by atoms with van der Waals surface area (Å²) in [5.41, 5.74) is 8.39. The zero-order chi connectivity index (χ0) is 42.1. The fourth-order valence-corrected chi connectivity index (χ4v) is 6.86. The third-order valence-corrected chi connectivity index (χ3v) is 10.2. The number of H-pyrrole nitrogens is 1. The number of aryl methyl sites for hydroxylation is 2. The van der Waals surface area contributed by atoms with Crippen molar-refractivity contribution in [1.82, 2.24) is 55.5 Å². The first kappa shape index (κ1) is 41.4. The quantitative estimate of drug-likeness (QED) is 0.0887. The van der Waals surface area contributed by atoms with Crippen molar-refractivity contribution in [3.05, 3.63) is 194 Å². The van der Waals surface area contributed by atoms with Crippen LogP contribution >= 0.6 is 12.2 Å². The van der Waals surface area contributed by atoms with Crippen molar-refractivity contribution in [2.45, 2.75) is 32.1 Å². The van der Waals surface area contributed by atoms with Crippen LogP contribution < -0.4 is 10.6 Å². The first-order valence-corrected chi connectivity index (χ1v) is 19.9. The average Bonchev–Trinajstić information content (AvgIpc) is 3.77. The predicted octanol–water partition coefficient (Wildman–Crippen LogP) is 7.22. The fraction of sp³-hybridized carbons (Fsp3) is 0.128. The number of amides is 2. The smallest absolute Gasteiger partial charge is 0.241 e. The van der Waals surface area contributed by atoms with Crippen molar-refractivity contribution in [2.24, 2.45) is 5.41 Å². The minimum absolute atomic E-state index is 0.0680. The lowest BCUT2D eigenvalue weighted by molar-refractivity contribution is -0.144. The zero-order valence-electron chi connectivity index (χ0n) is 33.0. The van der Waals surface area contributed by atoms with Crippen molar-refractivity contribution in [1.29, 1.82) is 0 Å². The molecule has 0 aromatic carbocycles. The van der Waals surface area contributed by atoms with Gasteiger partial charge in [0.15, 0.2) is 5.11 Å². The lowest BCUT2D eigenvalue weighted by Crippen LogP contribution is -2.62. The summed E-state index contributed by atoms with van der Waals surface area (Å²) in [6.45, 7) is 0. The van der Waals surface area contributed by atoms with Gasteiger partial charge < -0.3 is 15.6 Å². The lowest BCUT2D eigenvalue weighted by Gasteiger charge is -2.35. The van der Waals surface area contributed by atoms with Crippen LogP contribution in [0.2, 0.25) is 0 Å². The molecule has 0 saturated carbocycles. The fourth-order valence-electron chi connectivity index (χ4n) is 6.68. The van der Waals surface area contributed by atoms with Crippen LogP contribution in [0.5, 0.6) is 0 Å². The molecule has 302 valence electrons. The van der Waals surface area contributed by atoms with Crippen LogP contribution in [0, 0.1) is 5.41 Å². The van der Waals surface area contributed by atoms with Crippen LogP contribution in [0.15, 0.2) is 172 Å². The van der Waals surface area contributed by atoms with Gasteiger partial charge >= 0.3 is 0 Å². The highest BCUT2D eigenvalue weighted by Crippen LogP contribution is 2.34. The predicted molar refractivity (Wildman–Crippen MR) is 236 cm³/mol. The lowest BCUT2D eigenvalue weighted by atomic mass is 9.75. The van der Waals surface area contributed by atoms with Crippen LogP contribution in [0.3, 0.4) is 0 Å². The van der Waals surface area contributed by atoms with Crippen molar-refractivity contribution < 1.29 is 9.59 Å². The highest BCUT2D eigenvalue weighted by Gasteiger charge is 2.48. The average molecular weight is 824 g/mol. The molecule has 0 aliphatic carbocycles. The van der Waals surface area contributed by atoms with Crippen molar-refractivity contribution in [3.63, 3.8) is 0 Å². The largest absolute Gasteiger partial charge is 0.337 e. The third kappa shape index (κ3) is 11.3. The Morgan fingerprint density at radius 2 is 0.787 bits per heavy atom. The molecule has 8 aromatic heterocycles. The standard InChI is InChI=1S/C18H13N5.C18H18N4O2S.C11H10N2/c1-7-19-8-2-13(1)16-17(14-3-9-20-10-4-14)23-18(22-16)15-5-11-21-12-6-15;23-15-18(16(24)22-17(25)21-15,7-1-13-3-9-19-10-4-13)8-2-14-5-11-20-12-6-14;1-5-12-6-2-10(1)9-11-3-7-13-8-4-11/h1-12H,(H,22,23);3-6,9-12H,1-2,7-8H2,(H2,21,22,23,24,25);1-8H,9H2. The Bertz CT molecular complexity index is 2450. The van der Waals surface area contributed by atoms with Gasteiger partial charge in [-0.2, -0.15) is 0 Å². The number of nitrogens with zero attached hydrogens (tertiary/aromatic N) is 8. The summed E-state index contributed by atoms with van der Waals surface area (Å²) >= 11 is 4.94. The van der Waals surface area contributed by atoms with E-state index in [1.165, 1.54) is 11.1 Å². The van der Waals surface area contributed by atoms with Gasteiger partial charge in [0.05, 0.1) is 11.4 Å². The van der Waals surface area contributed by atoms with Crippen LogP contribution in [0.4, 0.5) is 0 Å². The SMILES string of the molecule is O=C1NC(=S)NC(=O)C1(CCc1ccncc1)CCc1ccncc1.c1cc(-c2nc(-c3ccncc3)c(-c3ccncc3)[nH]2)ccn1.c1cc(Cc2ccncc2)ccn1. The summed E-state index contributed by atoms with van der Waals surface area (Å²) in [6.07, 6.45) is 27.7. The Morgan fingerprint density at radius 3 is 1.20 bits per heavy atom. The Kier molecular flexibility index (Phi) is 14.1. The van der Waals surface area contributed by atoms with E-state index in [9.17, 15) is 9.59 Å². The topological polar surface area (TPSA) is 177 Å². The van der Waals surface area contributed by atoms with Gasteiger partial charge in [-0.1, -0.05) is 0 Å². The van der Waals surface area contributed by atoms with Crippen LogP contribution in [-0.2, 0) is 28.9 Å². The second kappa shape index (κ2) is 20.8. The summed E-state index contributed by atoms with van der Waals surface area (Å²) in [7, 11) is 0. The number of hydrogen-bond donors (Lipinski definition) is 3. The molecule has 2 amide bonds. The Morgan fingerprint density at radius 1 is 0.443 bits per heavy atom. The van der Waals surface area contributed by atoms with E-state index in [-0.39, 0.29) is 16.9 Å². The van der Waals surface area contributed by atoms with Gasteiger partial charge in [-0.05, 0) is 152 Å². The van der Waals surface area contributed by atoms with E-state index in [4.69, 9.17) is 17.2 Å². The molecule has 1 aliphatic rings. The summed E-state index contributed by atoms with van der Waals surface area (Å²) in [5.74, 6) is 0.153. The molecule has 8 aromatic rings. The van der Waals surface area contributed by atoms with Crippen molar-refractivity contribution >= 4 is 29.1 Å². The number of hydrogen-bond acceptors (Lipinski definition) is 11. The summed E-state index contributed by atoms with van der Waals surface area (Å²) in [4.78, 5) is 61.8. The van der Waals surface area contributed by atoms with E-state index in [1.807, 2.05) is 110 Å². The second-order valence-electron chi connectivity index (χ2n) is 13.9. The van der Waals surface area contributed by atoms with E-state index >= 15 is 0 Å². The summed E-state index contributed by atoms with van der Waals surface area (Å²) in [5, 5.41) is 5.29. The van der Waals surface area contributed by atoms with Crippen LogP contribution in [0.1, 0.15) is 35.1 Å². The number of rotatable bonds is 11. The number of nitrogens with one attached hydrogen (secondary N) is 3.